The maximum Gasteiger partial charge on any atom is 0.227 e. The van der Waals surface area contributed by atoms with E-state index in [1.165, 1.54) is 9.87 Å². The van der Waals surface area contributed by atoms with Crippen LogP contribution in [0.5, 0.6) is 0 Å². The highest BCUT2D eigenvalue weighted by Crippen LogP contribution is 2.21. The lowest BCUT2D eigenvalue weighted by molar-refractivity contribution is -0.132. The third kappa shape index (κ3) is 5.90. The van der Waals surface area contributed by atoms with E-state index in [1.54, 1.807) is 17.0 Å². The van der Waals surface area contributed by atoms with Crippen molar-refractivity contribution in [1.82, 2.24) is 19.3 Å². The topological polar surface area (TPSA) is 96.6 Å². The number of carbonyl (C=O) groups excluding carboxylic acids is 1. The summed E-state index contributed by atoms with van der Waals surface area (Å²) in [6.07, 6.45) is 0.590. The van der Waals surface area contributed by atoms with E-state index < -0.39 is 10.0 Å². The summed E-state index contributed by atoms with van der Waals surface area (Å²) in [6, 6.07) is 17.2. The van der Waals surface area contributed by atoms with E-state index in [0.717, 1.165) is 11.1 Å². The van der Waals surface area contributed by atoms with Crippen LogP contribution in [0.3, 0.4) is 0 Å². The van der Waals surface area contributed by atoms with Gasteiger partial charge in [-0.05, 0) is 17.0 Å². The molecule has 0 unspecified atom stereocenters. The van der Waals surface area contributed by atoms with Crippen molar-refractivity contribution in [3.8, 4) is 11.4 Å². The normalized spacial score (nSPS) is 15.1. The summed E-state index contributed by atoms with van der Waals surface area (Å²) in [5.41, 5.74) is 2.88. The number of benzene rings is 2. The Balaban J connectivity index is 1.26. The average molecular weight is 483 g/mol. The Morgan fingerprint density at radius 1 is 1.00 bits per heavy atom. The van der Waals surface area contributed by atoms with Crippen LogP contribution < -0.4 is 0 Å². The van der Waals surface area contributed by atoms with Crippen LogP contribution in [-0.4, -0.2) is 59.8 Å². The number of nitrogens with zero attached hydrogens (tertiary/aromatic N) is 4. The minimum absolute atomic E-state index is 0.0263. The van der Waals surface area contributed by atoms with Crippen LogP contribution in [0.2, 0.25) is 0 Å². The number of amides is 1. The second-order valence-electron chi connectivity index (χ2n) is 8.81. The Hall–Kier alpha value is -3.04. The van der Waals surface area contributed by atoms with Crippen molar-refractivity contribution in [2.24, 2.45) is 0 Å². The molecule has 9 heteroatoms. The zero-order valence-electron chi connectivity index (χ0n) is 19.6. The van der Waals surface area contributed by atoms with Crippen molar-refractivity contribution < 1.29 is 17.7 Å². The summed E-state index contributed by atoms with van der Waals surface area (Å²) in [7, 11) is -3.41. The molecule has 0 atom stereocenters. The van der Waals surface area contributed by atoms with Crippen molar-refractivity contribution in [3.05, 3.63) is 71.6 Å². The second kappa shape index (κ2) is 10.5. The molecule has 1 saturated heterocycles. The maximum absolute atomic E-state index is 12.7. The number of aromatic nitrogens is 2. The van der Waals surface area contributed by atoms with E-state index in [0.29, 0.717) is 50.2 Å². The zero-order valence-corrected chi connectivity index (χ0v) is 20.4. The van der Waals surface area contributed by atoms with Crippen LogP contribution in [0.15, 0.2) is 59.1 Å². The highest BCUT2D eigenvalue weighted by molar-refractivity contribution is 7.88. The van der Waals surface area contributed by atoms with Crippen molar-refractivity contribution in [2.75, 3.05) is 26.2 Å². The SMILES string of the molecule is CC(C)c1ccc(-c2noc(CCC(=O)N3CCN(S(=O)(=O)Cc4ccccc4)CC3)n2)cc1. The highest BCUT2D eigenvalue weighted by atomic mass is 32.2. The van der Waals surface area contributed by atoms with Crippen LogP contribution in [0.25, 0.3) is 11.4 Å². The molecule has 2 heterocycles. The fourth-order valence-corrected chi connectivity index (χ4v) is 5.47. The molecule has 34 heavy (non-hydrogen) atoms. The summed E-state index contributed by atoms with van der Waals surface area (Å²) in [5.74, 6) is 1.31. The molecule has 180 valence electrons. The highest BCUT2D eigenvalue weighted by Gasteiger charge is 2.29. The van der Waals surface area contributed by atoms with E-state index in [1.807, 2.05) is 30.3 Å². The first-order chi connectivity index (χ1) is 16.3. The molecular formula is C25H30N4O4S. The molecule has 0 N–H and O–H groups in total. The summed E-state index contributed by atoms with van der Waals surface area (Å²) in [6.45, 7) is 5.65. The maximum atomic E-state index is 12.7. The number of aryl methyl sites for hydroxylation is 1. The predicted octanol–water partition coefficient (Wildman–Crippen LogP) is 3.47. The first kappa shape index (κ1) is 24.1. The molecule has 0 saturated carbocycles. The van der Waals surface area contributed by atoms with E-state index in [2.05, 4.69) is 36.1 Å². The molecule has 1 amide bonds. The number of rotatable bonds is 8. The van der Waals surface area contributed by atoms with Gasteiger partial charge in [-0.15, -0.1) is 0 Å². The number of sulfonamides is 1. The standard InChI is InChI=1S/C25H30N4O4S/c1-19(2)21-8-10-22(11-9-21)25-26-23(33-27-25)12-13-24(30)28-14-16-29(17-15-28)34(31,32)18-20-6-4-3-5-7-20/h3-11,19H,12-18H2,1-2H3. The van der Waals surface area contributed by atoms with Gasteiger partial charge in [-0.25, -0.2) is 8.42 Å². The number of piperazine rings is 1. The molecule has 1 fully saturated rings. The van der Waals surface area contributed by atoms with Crippen LogP contribution in [-0.2, 0) is 27.0 Å². The van der Waals surface area contributed by atoms with Crippen molar-refractivity contribution in [2.45, 2.75) is 38.4 Å². The van der Waals surface area contributed by atoms with Crippen LogP contribution >= 0.6 is 0 Å². The van der Waals surface area contributed by atoms with Crippen LogP contribution in [0, 0.1) is 0 Å². The summed E-state index contributed by atoms with van der Waals surface area (Å²) >= 11 is 0. The molecule has 0 bridgehead atoms. The van der Waals surface area contributed by atoms with Gasteiger partial charge in [0.15, 0.2) is 0 Å². The van der Waals surface area contributed by atoms with Gasteiger partial charge in [0.2, 0.25) is 27.6 Å². The first-order valence-electron chi connectivity index (χ1n) is 11.5. The average Bonchev–Trinajstić information content (AvgIpc) is 3.32. The first-order valence-corrected chi connectivity index (χ1v) is 13.1. The van der Waals surface area contributed by atoms with Gasteiger partial charge < -0.3 is 9.42 Å². The Labute approximate surface area is 200 Å². The minimum Gasteiger partial charge on any atom is -0.340 e. The molecule has 2 aromatic carbocycles. The Bertz CT molecular complexity index is 1200. The van der Waals surface area contributed by atoms with Gasteiger partial charge in [0, 0.05) is 44.6 Å². The molecule has 1 aromatic heterocycles. The lowest BCUT2D eigenvalue weighted by Crippen LogP contribution is -2.50. The summed E-state index contributed by atoms with van der Waals surface area (Å²) in [5, 5.41) is 4.04. The monoisotopic (exact) mass is 482 g/mol. The van der Waals surface area contributed by atoms with Crippen LogP contribution in [0.1, 0.15) is 43.2 Å². The quantitative estimate of drug-likeness (QED) is 0.488. The fraction of sp³-hybridized carbons (Fsp3) is 0.400. The molecule has 0 radical (unpaired) electrons. The Morgan fingerprint density at radius 2 is 1.68 bits per heavy atom. The molecule has 4 rings (SSSR count). The van der Waals surface area contributed by atoms with Gasteiger partial charge in [-0.3, -0.25) is 4.79 Å². The summed E-state index contributed by atoms with van der Waals surface area (Å²) in [4.78, 5) is 18.8. The van der Waals surface area contributed by atoms with E-state index in [4.69, 9.17) is 4.52 Å². The number of hydrogen-bond donors (Lipinski definition) is 0. The Kier molecular flexibility index (Phi) is 7.43. The van der Waals surface area contributed by atoms with Gasteiger partial charge >= 0.3 is 0 Å². The molecular weight excluding hydrogens is 452 g/mol. The largest absolute Gasteiger partial charge is 0.340 e. The van der Waals surface area contributed by atoms with E-state index in [9.17, 15) is 13.2 Å². The van der Waals surface area contributed by atoms with Gasteiger partial charge in [0.05, 0.1) is 5.75 Å². The van der Waals surface area contributed by atoms with E-state index >= 15 is 0 Å². The third-order valence-electron chi connectivity index (χ3n) is 6.03. The fourth-order valence-electron chi connectivity index (χ4n) is 3.95. The lowest BCUT2D eigenvalue weighted by Gasteiger charge is -2.34. The second-order valence-corrected chi connectivity index (χ2v) is 10.8. The Morgan fingerprint density at radius 3 is 2.32 bits per heavy atom. The predicted molar refractivity (Wildman–Crippen MR) is 129 cm³/mol. The van der Waals surface area contributed by atoms with Gasteiger partial charge in [-0.2, -0.15) is 9.29 Å². The molecule has 3 aromatic rings. The van der Waals surface area contributed by atoms with Gasteiger partial charge in [0.25, 0.3) is 0 Å². The number of carbonyl (C=O) groups is 1. The summed E-state index contributed by atoms with van der Waals surface area (Å²) < 4.78 is 32.2. The molecule has 1 aliphatic heterocycles. The van der Waals surface area contributed by atoms with Crippen molar-refractivity contribution in [3.63, 3.8) is 0 Å². The lowest BCUT2D eigenvalue weighted by atomic mass is 10.0. The molecule has 0 spiro atoms. The van der Waals surface area contributed by atoms with Gasteiger partial charge in [0.1, 0.15) is 0 Å². The minimum atomic E-state index is -3.41. The molecule has 1 aliphatic rings. The van der Waals surface area contributed by atoms with Gasteiger partial charge in [-0.1, -0.05) is 73.6 Å². The molecule has 8 nitrogen and oxygen atoms in total. The molecule has 0 aliphatic carbocycles. The smallest absolute Gasteiger partial charge is 0.227 e. The number of hydrogen-bond acceptors (Lipinski definition) is 6. The van der Waals surface area contributed by atoms with Crippen LogP contribution in [0.4, 0.5) is 0 Å². The zero-order chi connectivity index (χ0) is 24.1. The van der Waals surface area contributed by atoms with E-state index in [-0.39, 0.29) is 18.1 Å². The third-order valence-corrected chi connectivity index (χ3v) is 7.88. The van der Waals surface area contributed by atoms with Crippen molar-refractivity contribution >= 4 is 15.9 Å². The van der Waals surface area contributed by atoms with Crippen molar-refractivity contribution in [1.29, 1.82) is 0 Å².